The molecule has 0 aliphatic rings. The van der Waals surface area contributed by atoms with Gasteiger partial charge in [0.05, 0.1) is 26.8 Å². The van der Waals surface area contributed by atoms with Gasteiger partial charge in [-0.15, -0.1) is 5.10 Å². The van der Waals surface area contributed by atoms with E-state index in [-0.39, 0.29) is 0 Å². The van der Waals surface area contributed by atoms with Crippen LogP contribution >= 0.6 is 12.2 Å². The zero-order valence-corrected chi connectivity index (χ0v) is 16.8. The third-order valence-electron chi connectivity index (χ3n) is 4.42. The number of hydrogen-bond acceptors (Lipinski definition) is 5. The van der Waals surface area contributed by atoms with E-state index in [1.165, 1.54) is 16.0 Å². The van der Waals surface area contributed by atoms with Gasteiger partial charge >= 0.3 is 0 Å². The summed E-state index contributed by atoms with van der Waals surface area (Å²) in [6.07, 6.45) is 0. The van der Waals surface area contributed by atoms with Crippen molar-refractivity contribution in [3.63, 3.8) is 0 Å². The van der Waals surface area contributed by atoms with Gasteiger partial charge in [0.25, 0.3) is 10.7 Å². The Morgan fingerprint density at radius 1 is 1.15 bits per heavy atom. The molecule has 7 heteroatoms. The first kappa shape index (κ1) is 19.1. The fourth-order valence-electron chi connectivity index (χ4n) is 2.94. The SMILES string of the molecule is COc1ccc(-c2nn(C[NH+](C)Cc3ccccc3C)c(=S)o2)c(OC)c1. The minimum absolute atomic E-state index is 0.340. The number of nitrogens with one attached hydrogen (secondary N) is 1. The summed E-state index contributed by atoms with van der Waals surface area (Å²) >= 11 is 5.36. The van der Waals surface area contributed by atoms with Gasteiger partial charge in [-0.05, 0) is 36.8 Å². The van der Waals surface area contributed by atoms with Crippen LogP contribution in [0.2, 0.25) is 0 Å². The van der Waals surface area contributed by atoms with Crippen molar-refractivity contribution in [2.75, 3.05) is 21.3 Å². The summed E-state index contributed by atoms with van der Waals surface area (Å²) in [5, 5.41) is 4.55. The van der Waals surface area contributed by atoms with E-state index < -0.39 is 0 Å². The van der Waals surface area contributed by atoms with Crippen LogP contribution in [0.4, 0.5) is 0 Å². The van der Waals surface area contributed by atoms with Gasteiger partial charge in [0, 0.05) is 11.6 Å². The maximum Gasteiger partial charge on any atom is 0.292 e. The van der Waals surface area contributed by atoms with Crippen LogP contribution < -0.4 is 14.4 Å². The number of quaternary nitrogens is 1. The van der Waals surface area contributed by atoms with Crippen LogP contribution in [0.15, 0.2) is 46.9 Å². The summed E-state index contributed by atoms with van der Waals surface area (Å²) in [5.41, 5.74) is 3.33. The quantitative estimate of drug-likeness (QED) is 0.633. The predicted molar refractivity (Wildman–Crippen MR) is 106 cm³/mol. The summed E-state index contributed by atoms with van der Waals surface area (Å²) in [6, 6.07) is 13.9. The zero-order valence-electron chi connectivity index (χ0n) is 16.0. The highest BCUT2D eigenvalue weighted by atomic mass is 32.1. The minimum Gasteiger partial charge on any atom is -0.497 e. The highest BCUT2D eigenvalue weighted by molar-refractivity contribution is 7.71. The Labute approximate surface area is 163 Å². The second-order valence-corrected chi connectivity index (χ2v) is 6.81. The van der Waals surface area contributed by atoms with E-state index in [0.717, 1.165) is 12.1 Å². The van der Waals surface area contributed by atoms with Gasteiger partial charge in [-0.2, -0.15) is 4.68 Å². The summed E-state index contributed by atoms with van der Waals surface area (Å²) < 4.78 is 18.1. The van der Waals surface area contributed by atoms with Gasteiger partial charge in [0.1, 0.15) is 18.0 Å². The summed E-state index contributed by atoms with van der Waals surface area (Å²) in [6.45, 7) is 3.61. The maximum atomic E-state index is 5.72. The van der Waals surface area contributed by atoms with Crippen molar-refractivity contribution in [1.82, 2.24) is 9.78 Å². The second-order valence-electron chi connectivity index (χ2n) is 6.46. The molecule has 1 heterocycles. The van der Waals surface area contributed by atoms with E-state index in [1.807, 2.05) is 12.1 Å². The Kier molecular flexibility index (Phi) is 5.93. The average molecular weight is 386 g/mol. The van der Waals surface area contributed by atoms with Crippen molar-refractivity contribution >= 4 is 12.2 Å². The standard InChI is InChI=1S/C20H23N3O3S/c1-14-7-5-6-8-15(14)12-22(2)13-23-20(27)26-19(21-23)17-10-9-16(24-3)11-18(17)25-4/h5-11H,12-13H2,1-4H3/p+1. The molecule has 0 bridgehead atoms. The van der Waals surface area contributed by atoms with E-state index in [1.54, 1.807) is 25.0 Å². The first-order valence-electron chi connectivity index (χ1n) is 8.68. The molecule has 1 unspecified atom stereocenters. The highest BCUT2D eigenvalue weighted by Gasteiger charge is 2.16. The number of methoxy groups -OCH3 is 2. The molecule has 0 saturated heterocycles. The van der Waals surface area contributed by atoms with E-state index in [2.05, 4.69) is 43.3 Å². The zero-order chi connectivity index (χ0) is 19.4. The number of hydrogen-bond donors (Lipinski definition) is 1. The topological polar surface area (TPSA) is 53.9 Å². The van der Waals surface area contributed by atoms with Crippen LogP contribution in [0, 0.1) is 11.8 Å². The molecule has 0 aliphatic carbocycles. The van der Waals surface area contributed by atoms with E-state index >= 15 is 0 Å². The third-order valence-corrected chi connectivity index (χ3v) is 4.71. The highest BCUT2D eigenvalue weighted by Crippen LogP contribution is 2.32. The molecular weight excluding hydrogens is 362 g/mol. The minimum atomic E-state index is 0.340. The van der Waals surface area contributed by atoms with E-state index in [0.29, 0.717) is 28.9 Å². The lowest BCUT2D eigenvalue weighted by molar-refractivity contribution is -0.917. The van der Waals surface area contributed by atoms with E-state index in [9.17, 15) is 0 Å². The fraction of sp³-hybridized carbons (Fsp3) is 0.300. The monoisotopic (exact) mass is 386 g/mol. The lowest BCUT2D eigenvalue weighted by Crippen LogP contribution is -3.07. The number of aryl methyl sites for hydroxylation is 1. The first-order valence-corrected chi connectivity index (χ1v) is 9.08. The van der Waals surface area contributed by atoms with Crippen molar-refractivity contribution in [3.8, 4) is 23.0 Å². The molecule has 142 valence electrons. The van der Waals surface area contributed by atoms with Crippen molar-refractivity contribution in [2.24, 2.45) is 0 Å². The largest absolute Gasteiger partial charge is 0.497 e. The van der Waals surface area contributed by atoms with Crippen LogP contribution in [-0.2, 0) is 13.2 Å². The van der Waals surface area contributed by atoms with Crippen molar-refractivity contribution in [2.45, 2.75) is 20.1 Å². The average Bonchev–Trinajstić information content (AvgIpc) is 3.03. The van der Waals surface area contributed by atoms with Crippen molar-refractivity contribution in [3.05, 3.63) is 58.4 Å². The fourth-order valence-corrected chi connectivity index (χ4v) is 3.12. The third kappa shape index (κ3) is 4.37. The number of nitrogens with zero attached hydrogens (tertiary/aromatic N) is 2. The normalized spacial score (nSPS) is 12.0. The number of rotatable bonds is 7. The molecule has 27 heavy (non-hydrogen) atoms. The molecule has 2 aromatic carbocycles. The molecule has 1 N–H and O–H groups in total. The van der Waals surface area contributed by atoms with Crippen LogP contribution in [0.25, 0.3) is 11.5 Å². The molecule has 0 radical (unpaired) electrons. The van der Waals surface area contributed by atoms with Gasteiger partial charge in [-0.1, -0.05) is 24.3 Å². The van der Waals surface area contributed by atoms with E-state index in [4.69, 9.17) is 26.1 Å². The molecule has 3 rings (SSSR count). The van der Waals surface area contributed by atoms with Gasteiger partial charge in [-0.25, -0.2) is 0 Å². The Bertz CT molecular complexity index is 981. The predicted octanol–water partition coefficient (Wildman–Crippen LogP) is 2.87. The summed E-state index contributed by atoms with van der Waals surface area (Å²) in [7, 11) is 5.32. The molecule has 3 aromatic rings. The Morgan fingerprint density at radius 3 is 2.63 bits per heavy atom. The molecule has 0 amide bonds. The summed E-state index contributed by atoms with van der Waals surface area (Å²) in [5.74, 6) is 1.76. The molecule has 0 spiro atoms. The maximum absolute atomic E-state index is 5.72. The van der Waals surface area contributed by atoms with Crippen molar-refractivity contribution < 1.29 is 18.8 Å². The smallest absolute Gasteiger partial charge is 0.292 e. The second kappa shape index (κ2) is 8.37. The molecule has 6 nitrogen and oxygen atoms in total. The van der Waals surface area contributed by atoms with Gasteiger partial charge < -0.3 is 18.8 Å². The molecule has 0 aliphatic heterocycles. The summed E-state index contributed by atoms with van der Waals surface area (Å²) in [4.78, 5) is 1.59. The Hall–Kier alpha value is -2.64. The van der Waals surface area contributed by atoms with Crippen LogP contribution in [-0.4, -0.2) is 31.0 Å². The Balaban J connectivity index is 1.81. The van der Waals surface area contributed by atoms with Gasteiger partial charge in [-0.3, -0.25) is 0 Å². The van der Waals surface area contributed by atoms with Crippen LogP contribution in [0.5, 0.6) is 11.5 Å². The van der Waals surface area contributed by atoms with Crippen molar-refractivity contribution in [1.29, 1.82) is 0 Å². The molecule has 0 fully saturated rings. The molecule has 1 atom stereocenters. The number of ether oxygens (including phenoxy) is 2. The lowest BCUT2D eigenvalue weighted by atomic mass is 10.1. The molecular formula is C20H24N3O3S+. The Morgan fingerprint density at radius 2 is 1.93 bits per heavy atom. The number of aromatic nitrogens is 2. The van der Waals surface area contributed by atoms with Gasteiger partial charge in [0.15, 0.2) is 6.67 Å². The van der Waals surface area contributed by atoms with Gasteiger partial charge in [0.2, 0.25) is 0 Å². The van der Waals surface area contributed by atoms with Crippen LogP contribution in [0.3, 0.4) is 0 Å². The number of benzene rings is 2. The van der Waals surface area contributed by atoms with Crippen LogP contribution in [0.1, 0.15) is 11.1 Å². The molecule has 0 saturated carbocycles. The lowest BCUT2D eigenvalue weighted by Gasteiger charge is -2.14. The molecule has 1 aromatic heterocycles. The first-order chi connectivity index (χ1) is 13.0.